The van der Waals surface area contributed by atoms with E-state index in [9.17, 15) is 0 Å². The van der Waals surface area contributed by atoms with Crippen LogP contribution >= 0.6 is 22.9 Å². The van der Waals surface area contributed by atoms with Crippen LogP contribution in [0, 0.1) is 0 Å². The molecule has 0 bridgehead atoms. The summed E-state index contributed by atoms with van der Waals surface area (Å²) in [6.45, 7) is 0. The minimum absolute atomic E-state index is 0.797. The highest BCUT2D eigenvalue weighted by atomic mass is 35.5. The van der Waals surface area contributed by atoms with Gasteiger partial charge in [-0.3, -0.25) is 0 Å². The lowest BCUT2D eigenvalue weighted by atomic mass is 10.3. The maximum Gasteiger partial charge on any atom is 0.203 e. The lowest BCUT2D eigenvalue weighted by Gasteiger charge is -1.84. The molecule has 1 nitrogen and oxygen atoms in total. The summed E-state index contributed by atoms with van der Waals surface area (Å²) in [7, 11) is 0. The largest absolute Gasteiger partial charge is 0.315 e. The SMILES string of the molecule is [NH3+]c1sc2ccccc2c1Cl. The van der Waals surface area contributed by atoms with Gasteiger partial charge in [-0.05, 0) is 6.07 Å². The molecule has 0 aliphatic rings. The van der Waals surface area contributed by atoms with E-state index in [1.165, 1.54) is 4.70 Å². The molecule has 3 heteroatoms. The molecule has 0 fully saturated rings. The average molecular weight is 185 g/mol. The monoisotopic (exact) mass is 184 g/mol. The second-order valence-electron chi connectivity index (χ2n) is 2.34. The van der Waals surface area contributed by atoms with Crippen molar-refractivity contribution in [1.29, 1.82) is 0 Å². The molecule has 0 aliphatic carbocycles. The molecule has 1 heterocycles. The van der Waals surface area contributed by atoms with Crippen molar-refractivity contribution in [2.75, 3.05) is 0 Å². The number of fused-ring (bicyclic) bond motifs is 1. The Bertz CT molecular complexity index is 394. The first-order valence-corrected chi connectivity index (χ1v) is 4.47. The van der Waals surface area contributed by atoms with E-state index in [0.717, 1.165) is 15.4 Å². The third kappa shape index (κ3) is 1.03. The Balaban J connectivity index is 2.92. The highest BCUT2D eigenvalue weighted by Gasteiger charge is 2.08. The summed E-state index contributed by atoms with van der Waals surface area (Å²) in [6.07, 6.45) is 0. The molecule has 2 rings (SSSR count). The van der Waals surface area contributed by atoms with E-state index in [2.05, 4.69) is 11.8 Å². The average Bonchev–Trinajstić information content (AvgIpc) is 2.30. The summed E-state index contributed by atoms with van der Waals surface area (Å²) in [5.74, 6) is 0. The van der Waals surface area contributed by atoms with Crippen LogP contribution in [0.3, 0.4) is 0 Å². The Morgan fingerprint density at radius 1 is 1.27 bits per heavy atom. The molecular formula is C8H7ClNS+. The molecule has 1 aromatic heterocycles. The Morgan fingerprint density at radius 2 is 2.00 bits per heavy atom. The van der Waals surface area contributed by atoms with Crippen molar-refractivity contribution in [2.24, 2.45) is 0 Å². The van der Waals surface area contributed by atoms with E-state index in [-0.39, 0.29) is 0 Å². The van der Waals surface area contributed by atoms with Crippen LogP contribution in [0.1, 0.15) is 0 Å². The summed E-state index contributed by atoms with van der Waals surface area (Å²) >= 11 is 7.63. The van der Waals surface area contributed by atoms with E-state index in [0.29, 0.717) is 0 Å². The summed E-state index contributed by atoms with van der Waals surface area (Å²) in [5.41, 5.74) is 3.84. The standard InChI is InChI=1S/C8H6ClNS/c9-7-5-3-1-2-4-6(5)11-8(7)10/h1-4H,10H2/p+1. The van der Waals surface area contributed by atoms with Gasteiger partial charge in [0.15, 0.2) is 0 Å². The van der Waals surface area contributed by atoms with Crippen LogP contribution in [0.4, 0.5) is 5.00 Å². The van der Waals surface area contributed by atoms with Gasteiger partial charge in [0.25, 0.3) is 0 Å². The molecule has 3 N–H and O–H groups in total. The molecule has 0 aliphatic heterocycles. The molecule has 11 heavy (non-hydrogen) atoms. The van der Waals surface area contributed by atoms with Crippen molar-refractivity contribution in [3.8, 4) is 0 Å². The van der Waals surface area contributed by atoms with E-state index in [1.807, 2.05) is 18.2 Å². The molecule has 0 saturated carbocycles. The highest BCUT2D eigenvalue weighted by molar-refractivity contribution is 7.22. The van der Waals surface area contributed by atoms with Crippen LogP contribution in [0.5, 0.6) is 0 Å². The zero-order valence-electron chi connectivity index (χ0n) is 5.80. The van der Waals surface area contributed by atoms with Gasteiger partial charge in [-0.1, -0.05) is 41.1 Å². The third-order valence-corrected chi connectivity index (χ3v) is 3.17. The van der Waals surface area contributed by atoms with Gasteiger partial charge in [0.1, 0.15) is 5.02 Å². The smallest absolute Gasteiger partial charge is 0.203 e. The van der Waals surface area contributed by atoms with E-state index < -0.39 is 0 Å². The van der Waals surface area contributed by atoms with Gasteiger partial charge < -0.3 is 5.73 Å². The lowest BCUT2D eigenvalue weighted by Crippen LogP contribution is -2.39. The van der Waals surface area contributed by atoms with Crippen LogP contribution < -0.4 is 5.73 Å². The summed E-state index contributed by atoms with van der Waals surface area (Å²) in [6, 6.07) is 8.07. The number of quaternary nitrogens is 1. The fourth-order valence-corrected chi connectivity index (χ4v) is 2.29. The third-order valence-electron chi connectivity index (χ3n) is 1.60. The van der Waals surface area contributed by atoms with Crippen molar-refractivity contribution < 1.29 is 5.73 Å². The van der Waals surface area contributed by atoms with Crippen LogP contribution in [0.15, 0.2) is 24.3 Å². The fourth-order valence-electron chi connectivity index (χ4n) is 1.06. The van der Waals surface area contributed by atoms with Gasteiger partial charge in [0, 0.05) is 10.1 Å². The first-order chi connectivity index (χ1) is 5.29. The predicted octanol–water partition coefficient (Wildman–Crippen LogP) is 2.43. The maximum atomic E-state index is 5.99. The molecule has 0 spiro atoms. The minimum Gasteiger partial charge on any atom is -0.315 e. The van der Waals surface area contributed by atoms with Crippen molar-refractivity contribution in [3.63, 3.8) is 0 Å². The molecular weight excluding hydrogens is 178 g/mol. The maximum absolute atomic E-state index is 5.99. The predicted molar refractivity (Wildman–Crippen MR) is 49.4 cm³/mol. The van der Waals surface area contributed by atoms with Crippen molar-refractivity contribution >= 4 is 38.0 Å². The fraction of sp³-hybridized carbons (Fsp3) is 0. The first-order valence-electron chi connectivity index (χ1n) is 3.28. The second kappa shape index (κ2) is 2.48. The zero-order chi connectivity index (χ0) is 7.84. The number of hydrogen-bond donors (Lipinski definition) is 1. The lowest BCUT2D eigenvalue weighted by molar-refractivity contribution is -0.248. The summed E-state index contributed by atoms with van der Waals surface area (Å²) in [4.78, 5) is 0. The van der Waals surface area contributed by atoms with Crippen LogP contribution in [0.25, 0.3) is 10.1 Å². The Morgan fingerprint density at radius 3 is 2.73 bits per heavy atom. The van der Waals surface area contributed by atoms with E-state index >= 15 is 0 Å². The molecule has 0 saturated heterocycles. The Hall–Kier alpha value is -0.570. The molecule has 0 unspecified atom stereocenters. The number of hydrogen-bond acceptors (Lipinski definition) is 1. The first kappa shape index (κ1) is 7.10. The van der Waals surface area contributed by atoms with Crippen LogP contribution in [-0.4, -0.2) is 0 Å². The van der Waals surface area contributed by atoms with Gasteiger partial charge >= 0.3 is 0 Å². The molecule has 1 aromatic carbocycles. The molecule has 56 valence electrons. The van der Waals surface area contributed by atoms with Gasteiger partial charge in [0.2, 0.25) is 5.00 Å². The number of halogens is 1. The highest BCUT2D eigenvalue weighted by Crippen LogP contribution is 2.35. The number of benzene rings is 1. The van der Waals surface area contributed by atoms with Crippen molar-refractivity contribution in [2.45, 2.75) is 0 Å². The van der Waals surface area contributed by atoms with E-state index in [1.54, 1.807) is 11.3 Å². The summed E-state index contributed by atoms with van der Waals surface area (Å²) < 4.78 is 1.21. The second-order valence-corrected chi connectivity index (χ2v) is 3.85. The van der Waals surface area contributed by atoms with Gasteiger partial charge in [-0.15, -0.1) is 0 Å². The van der Waals surface area contributed by atoms with Crippen LogP contribution in [-0.2, 0) is 0 Å². The summed E-state index contributed by atoms with van der Waals surface area (Å²) in [5, 5.41) is 2.86. The molecule has 0 amide bonds. The normalized spacial score (nSPS) is 10.7. The van der Waals surface area contributed by atoms with Crippen molar-refractivity contribution in [3.05, 3.63) is 29.3 Å². The van der Waals surface area contributed by atoms with Gasteiger partial charge in [-0.2, -0.15) is 0 Å². The van der Waals surface area contributed by atoms with Gasteiger partial charge in [-0.25, -0.2) is 0 Å². The topological polar surface area (TPSA) is 27.6 Å². The Kier molecular flexibility index (Phi) is 1.60. The van der Waals surface area contributed by atoms with Crippen molar-refractivity contribution in [1.82, 2.24) is 0 Å². The molecule has 0 radical (unpaired) electrons. The van der Waals surface area contributed by atoms with Crippen LogP contribution in [0.2, 0.25) is 5.02 Å². The Labute approximate surface area is 73.4 Å². The molecule has 0 atom stereocenters. The quantitative estimate of drug-likeness (QED) is 0.652. The zero-order valence-corrected chi connectivity index (χ0v) is 7.38. The minimum atomic E-state index is 0.797. The molecule has 2 aromatic rings. The van der Waals surface area contributed by atoms with E-state index in [4.69, 9.17) is 11.6 Å². The van der Waals surface area contributed by atoms with Gasteiger partial charge in [0.05, 0.1) is 0 Å². The number of thiophene rings is 1. The number of rotatable bonds is 0.